The number of carbonyl (C=O) groups is 1. The molecule has 1 heterocycles. The molecule has 0 saturated heterocycles. The molecule has 1 aromatic heterocycles. The lowest BCUT2D eigenvalue weighted by molar-refractivity contribution is -0.118. The molecule has 0 radical (unpaired) electrons. The number of benzene rings is 2. The van der Waals surface area contributed by atoms with Crippen molar-refractivity contribution in [1.82, 2.24) is 15.3 Å². The van der Waals surface area contributed by atoms with E-state index in [-0.39, 0.29) is 5.91 Å². The van der Waals surface area contributed by atoms with Crippen LogP contribution in [0.4, 0.5) is 0 Å². The maximum absolute atomic E-state index is 12.1. The minimum Gasteiger partial charge on any atom is -0.385 e. The number of amides is 1. The monoisotopic (exact) mass is 395 g/mol. The van der Waals surface area contributed by atoms with Crippen molar-refractivity contribution >= 4 is 28.7 Å². The van der Waals surface area contributed by atoms with E-state index in [0.29, 0.717) is 25.3 Å². The van der Waals surface area contributed by atoms with E-state index in [0.717, 1.165) is 28.2 Å². The first-order valence-electron chi connectivity index (χ1n) is 9.35. The smallest absolute Gasteiger partial charge is 0.230 e. The SMILES string of the molecule is COCCCNC(=O)CSc1nc2ccccc2nc1Cc1ccc(C)cc1. The van der Waals surface area contributed by atoms with Gasteiger partial charge < -0.3 is 10.1 Å². The third-order valence-corrected chi connectivity index (χ3v) is 5.29. The van der Waals surface area contributed by atoms with Crippen LogP contribution in [0.25, 0.3) is 11.0 Å². The highest BCUT2D eigenvalue weighted by Crippen LogP contribution is 2.24. The van der Waals surface area contributed by atoms with Crippen LogP contribution < -0.4 is 5.32 Å². The Bertz CT molecular complexity index is 929. The highest BCUT2D eigenvalue weighted by Gasteiger charge is 2.12. The summed E-state index contributed by atoms with van der Waals surface area (Å²) in [6.07, 6.45) is 1.50. The van der Waals surface area contributed by atoms with Gasteiger partial charge in [0.2, 0.25) is 5.91 Å². The standard InChI is InChI=1S/C22H25N3O2S/c1-16-8-10-17(11-9-16)14-20-22(25-19-7-4-3-6-18(19)24-20)28-15-21(26)23-12-5-13-27-2/h3-4,6-11H,5,12-15H2,1-2H3,(H,23,26). The summed E-state index contributed by atoms with van der Waals surface area (Å²) in [4.78, 5) is 21.7. The normalized spacial score (nSPS) is 10.9. The van der Waals surface area contributed by atoms with E-state index >= 15 is 0 Å². The van der Waals surface area contributed by atoms with Gasteiger partial charge in [0, 0.05) is 26.7 Å². The molecule has 1 N–H and O–H groups in total. The van der Waals surface area contributed by atoms with Gasteiger partial charge in [-0.2, -0.15) is 0 Å². The molecule has 0 unspecified atom stereocenters. The van der Waals surface area contributed by atoms with Gasteiger partial charge >= 0.3 is 0 Å². The summed E-state index contributed by atoms with van der Waals surface area (Å²) < 4.78 is 5.00. The summed E-state index contributed by atoms with van der Waals surface area (Å²) in [5, 5.41) is 3.72. The van der Waals surface area contributed by atoms with Crippen molar-refractivity contribution in [2.45, 2.75) is 24.8 Å². The van der Waals surface area contributed by atoms with Crippen molar-refractivity contribution in [2.75, 3.05) is 26.0 Å². The fraction of sp³-hybridized carbons (Fsp3) is 0.318. The molecule has 0 spiro atoms. The van der Waals surface area contributed by atoms with Gasteiger partial charge in [0.15, 0.2) is 0 Å². The summed E-state index contributed by atoms with van der Waals surface area (Å²) in [6.45, 7) is 3.34. The molecule has 3 aromatic rings. The zero-order chi connectivity index (χ0) is 19.8. The lowest BCUT2D eigenvalue weighted by Gasteiger charge is -2.10. The average Bonchev–Trinajstić information content (AvgIpc) is 2.71. The van der Waals surface area contributed by atoms with E-state index in [1.54, 1.807) is 7.11 Å². The van der Waals surface area contributed by atoms with Crippen LogP contribution in [0.15, 0.2) is 53.6 Å². The van der Waals surface area contributed by atoms with Crippen molar-refractivity contribution in [1.29, 1.82) is 0 Å². The van der Waals surface area contributed by atoms with Crippen LogP contribution in [-0.2, 0) is 16.0 Å². The van der Waals surface area contributed by atoms with E-state index in [9.17, 15) is 4.79 Å². The maximum atomic E-state index is 12.1. The third kappa shape index (κ3) is 5.78. The van der Waals surface area contributed by atoms with Crippen LogP contribution in [0.3, 0.4) is 0 Å². The second-order valence-electron chi connectivity index (χ2n) is 6.61. The van der Waals surface area contributed by atoms with Gasteiger partial charge in [-0.25, -0.2) is 9.97 Å². The van der Waals surface area contributed by atoms with Gasteiger partial charge in [-0.3, -0.25) is 4.79 Å². The number of methoxy groups -OCH3 is 1. The Hall–Kier alpha value is -2.44. The maximum Gasteiger partial charge on any atom is 0.230 e. The van der Waals surface area contributed by atoms with E-state index in [4.69, 9.17) is 14.7 Å². The van der Waals surface area contributed by atoms with Crippen molar-refractivity contribution in [3.05, 3.63) is 65.4 Å². The Morgan fingerprint density at radius 1 is 1.07 bits per heavy atom. The quantitative estimate of drug-likeness (QED) is 0.441. The molecule has 28 heavy (non-hydrogen) atoms. The van der Waals surface area contributed by atoms with Gasteiger partial charge in [0.05, 0.1) is 22.5 Å². The predicted octanol–water partition coefficient (Wildman–Crippen LogP) is 3.77. The number of nitrogens with one attached hydrogen (secondary N) is 1. The number of hydrogen-bond donors (Lipinski definition) is 1. The summed E-state index contributed by atoms with van der Waals surface area (Å²) in [5.74, 6) is 0.318. The first-order chi connectivity index (χ1) is 13.7. The number of aromatic nitrogens is 2. The van der Waals surface area contributed by atoms with E-state index < -0.39 is 0 Å². The molecule has 0 aliphatic carbocycles. The Balaban J connectivity index is 1.75. The summed E-state index contributed by atoms with van der Waals surface area (Å²) in [7, 11) is 1.66. The molecule has 0 saturated carbocycles. The summed E-state index contributed by atoms with van der Waals surface area (Å²) in [6, 6.07) is 16.3. The molecule has 5 nitrogen and oxygen atoms in total. The van der Waals surface area contributed by atoms with Crippen LogP contribution in [0.1, 0.15) is 23.2 Å². The van der Waals surface area contributed by atoms with Crippen LogP contribution >= 0.6 is 11.8 Å². The van der Waals surface area contributed by atoms with Crippen LogP contribution in [0.5, 0.6) is 0 Å². The molecule has 0 bridgehead atoms. The molecule has 6 heteroatoms. The highest BCUT2D eigenvalue weighted by molar-refractivity contribution is 7.99. The third-order valence-electron chi connectivity index (χ3n) is 4.29. The Kier molecular flexibility index (Phi) is 7.39. The molecular formula is C22H25N3O2S. The van der Waals surface area contributed by atoms with Gasteiger partial charge in [0.1, 0.15) is 5.03 Å². The van der Waals surface area contributed by atoms with Gasteiger partial charge in [-0.15, -0.1) is 0 Å². The topological polar surface area (TPSA) is 64.1 Å². The van der Waals surface area contributed by atoms with Crippen molar-refractivity contribution < 1.29 is 9.53 Å². The fourth-order valence-corrected chi connectivity index (χ4v) is 3.60. The van der Waals surface area contributed by atoms with E-state index in [1.807, 2.05) is 24.3 Å². The van der Waals surface area contributed by atoms with Gasteiger partial charge in [0.25, 0.3) is 0 Å². The first kappa shape index (κ1) is 20.3. The second-order valence-corrected chi connectivity index (χ2v) is 7.58. The van der Waals surface area contributed by atoms with Gasteiger partial charge in [-0.05, 0) is 31.0 Å². The molecular weight excluding hydrogens is 370 g/mol. The summed E-state index contributed by atoms with van der Waals surface area (Å²) in [5.41, 5.74) is 5.03. The van der Waals surface area contributed by atoms with Gasteiger partial charge in [-0.1, -0.05) is 53.7 Å². The molecule has 0 aliphatic heterocycles. The number of fused-ring (bicyclic) bond motifs is 1. The van der Waals surface area contributed by atoms with E-state index in [1.165, 1.54) is 22.9 Å². The molecule has 3 rings (SSSR count). The van der Waals surface area contributed by atoms with Crippen molar-refractivity contribution in [2.24, 2.45) is 0 Å². The van der Waals surface area contributed by atoms with Crippen LogP contribution in [0, 0.1) is 6.92 Å². The van der Waals surface area contributed by atoms with Crippen molar-refractivity contribution in [3.63, 3.8) is 0 Å². The molecule has 0 aliphatic rings. The molecule has 0 fully saturated rings. The van der Waals surface area contributed by atoms with Crippen molar-refractivity contribution in [3.8, 4) is 0 Å². The second kappa shape index (κ2) is 10.2. The predicted molar refractivity (Wildman–Crippen MR) is 114 cm³/mol. The Morgan fingerprint density at radius 3 is 2.50 bits per heavy atom. The largest absolute Gasteiger partial charge is 0.385 e. The number of aryl methyl sites for hydroxylation is 1. The number of ether oxygens (including phenoxy) is 1. The number of para-hydroxylation sites is 2. The summed E-state index contributed by atoms with van der Waals surface area (Å²) >= 11 is 1.44. The number of nitrogens with zero attached hydrogens (tertiary/aromatic N) is 2. The number of thioether (sulfide) groups is 1. The minimum atomic E-state index is -0.00246. The zero-order valence-electron chi connectivity index (χ0n) is 16.3. The molecule has 146 valence electrons. The lowest BCUT2D eigenvalue weighted by atomic mass is 10.1. The number of rotatable bonds is 9. The minimum absolute atomic E-state index is 0.00246. The fourth-order valence-electron chi connectivity index (χ4n) is 2.78. The Labute approximate surface area is 169 Å². The molecule has 0 atom stereocenters. The Morgan fingerprint density at radius 2 is 1.79 bits per heavy atom. The molecule has 1 amide bonds. The van der Waals surface area contributed by atoms with Crippen LogP contribution in [0.2, 0.25) is 0 Å². The lowest BCUT2D eigenvalue weighted by Crippen LogP contribution is -2.26. The number of carbonyl (C=O) groups excluding carboxylic acids is 1. The first-order valence-corrected chi connectivity index (χ1v) is 10.3. The zero-order valence-corrected chi connectivity index (χ0v) is 17.1. The van der Waals surface area contributed by atoms with Crippen LogP contribution in [-0.4, -0.2) is 41.9 Å². The molecule has 2 aromatic carbocycles. The average molecular weight is 396 g/mol. The number of hydrogen-bond acceptors (Lipinski definition) is 5. The highest BCUT2D eigenvalue weighted by atomic mass is 32.2. The van der Waals surface area contributed by atoms with E-state index in [2.05, 4.69) is 36.5 Å².